The molecule has 2 aromatic heterocycles. The Labute approximate surface area is 390 Å². The number of benzene rings is 4. The van der Waals surface area contributed by atoms with Crippen LogP contribution in [-0.2, 0) is 54.8 Å². The molecule has 0 saturated heterocycles. The van der Waals surface area contributed by atoms with Crippen LogP contribution >= 0.6 is 0 Å². The molecular weight excluding hydrogens is 871 g/mol. The number of carbonyl (C=O) groups is 6. The monoisotopic (exact) mass is 919 g/mol. The molecule has 2 aliphatic rings. The van der Waals surface area contributed by atoms with Crippen LogP contribution in [0.5, 0.6) is 0 Å². The number of nitrogens with zero attached hydrogens (tertiary/aromatic N) is 6. The van der Waals surface area contributed by atoms with Crippen molar-refractivity contribution >= 4 is 69.3 Å². The minimum Gasteiger partial charge on any atom is -0.478 e. The van der Waals surface area contributed by atoms with Gasteiger partial charge >= 0.3 is 17.9 Å². The van der Waals surface area contributed by atoms with E-state index >= 15 is 0 Å². The standard InChI is InChI=1S/C25H25N5O4.C25H24N4O5/c1-3-34-24(33)18(10-14(2)22(26)31)15-8-9-20-19(11-15)21(29-25(27)28-20)23(32)30-12-16-6-4-5-7-17(16)13-30;1-3-34-24(33)18(10-14(2)23(31)32)15-8-9-20-19(11-15)21(28-25(26)27-20)22(30)29-12-16-6-4-5-7-17(16)13-29/h4-9,11,18H,2-3,10,12-13H2,1H3,(H2,26,31)(H2,27,28,29);4-9,11,18H,2-3,10,12-13H2,1H3,(H,31,32)(H2,26,27,28). The van der Waals surface area contributed by atoms with Crippen molar-refractivity contribution in [3.63, 3.8) is 0 Å². The topological polar surface area (TPSA) is 277 Å². The van der Waals surface area contributed by atoms with E-state index in [0.29, 0.717) is 59.1 Å². The predicted octanol–water partition coefficient (Wildman–Crippen LogP) is 5.49. The molecule has 0 fully saturated rings. The Balaban J connectivity index is 0.000000201. The number of nitrogen functional groups attached to an aromatic ring is 2. The Bertz CT molecular complexity index is 2790. The fourth-order valence-corrected chi connectivity index (χ4v) is 8.18. The lowest BCUT2D eigenvalue weighted by molar-refractivity contribution is -0.146. The van der Waals surface area contributed by atoms with Crippen molar-refractivity contribution in [2.75, 3.05) is 24.7 Å². The van der Waals surface area contributed by atoms with Gasteiger partial charge in [-0.25, -0.2) is 24.7 Å². The summed E-state index contributed by atoms with van der Waals surface area (Å²) in [5, 5.41) is 10.1. The molecular formula is C50H49N9O9. The predicted molar refractivity (Wildman–Crippen MR) is 251 cm³/mol. The normalized spacial score (nSPS) is 13.4. The summed E-state index contributed by atoms with van der Waals surface area (Å²) in [6.07, 6.45) is -0.152. The number of hydrogen-bond donors (Lipinski definition) is 4. The van der Waals surface area contributed by atoms with E-state index in [9.17, 15) is 33.9 Å². The van der Waals surface area contributed by atoms with Crippen LogP contribution in [0.25, 0.3) is 21.8 Å². The Kier molecular flexibility index (Phi) is 14.2. The number of aliphatic carboxylic acids is 1. The van der Waals surface area contributed by atoms with Gasteiger partial charge in [-0.2, -0.15) is 0 Å². The SMILES string of the molecule is C=C(CC(C(=O)OCC)c1ccc2nc(N)nc(C(=O)N3Cc4ccccc4C3)c2c1)C(=O)O.C=C(CC(C(=O)OCC)c1ccc2nc(N)nc(C(=O)N3Cc4ccccc4C3)c2c1)C(N)=O. The number of carbonyl (C=O) groups excluding carboxylic acids is 5. The number of rotatable bonds is 14. The molecule has 18 nitrogen and oxygen atoms in total. The molecule has 3 amide bonds. The number of amides is 3. The highest BCUT2D eigenvalue weighted by atomic mass is 16.5. The largest absolute Gasteiger partial charge is 0.478 e. The number of esters is 2. The first-order valence-electron chi connectivity index (χ1n) is 21.6. The van der Waals surface area contributed by atoms with Gasteiger partial charge in [0.2, 0.25) is 17.8 Å². The van der Waals surface area contributed by atoms with Gasteiger partial charge in [-0.3, -0.25) is 24.0 Å². The highest BCUT2D eigenvalue weighted by Gasteiger charge is 2.31. The van der Waals surface area contributed by atoms with Crippen molar-refractivity contribution in [2.24, 2.45) is 5.73 Å². The average Bonchev–Trinajstić information content (AvgIpc) is 3.97. The van der Waals surface area contributed by atoms with Crippen LogP contribution < -0.4 is 17.2 Å². The number of fused-ring (bicyclic) bond motifs is 4. The molecule has 7 N–H and O–H groups in total. The first-order valence-corrected chi connectivity index (χ1v) is 21.6. The van der Waals surface area contributed by atoms with Crippen molar-refractivity contribution in [2.45, 2.75) is 64.7 Å². The summed E-state index contributed by atoms with van der Waals surface area (Å²) in [5.41, 5.74) is 23.6. The molecule has 0 spiro atoms. The van der Waals surface area contributed by atoms with Crippen LogP contribution in [0.2, 0.25) is 0 Å². The molecule has 0 aliphatic carbocycles. The van der Waals surface area contributed by atoms with Crippen molar-refractivity contribution in [1.29, 1.82) is 0 Å². The third kappa shape index (κ3) is 10.3. The molecule has 0 saturated carbocycles. The third-order valence-electron chi connectivity index (χ3n) is 11.6. The van der Waals surface area contributed by atoms with Crippen LogP contribution in [0.15, 0.2) is 109 Å². The zero-order valence-electron chi connectivity index (χ0n) is 37.4. The minimum atomic E-state index is -1.20. The molecule has 348 valence electrons. The maximum Gasteiger partial charge on any atom is 0.330 e. The maximum absolute atomic E-state index is 13.5. The molecule has 2 atom stereocenters. The maximum atomic E-state index is 13.5. The highest BCUT2D eigenvalue weighted by Crippen LogP contribution is 2.33. The molecule has 2 unspecified atom stereocenters. The second-order valence-electron chi connectivity index (χ2n) is 16.2. The summed E-state index contributed by atoms with van der Waals surface area (Å²) >= 11 is 0. The molecule has 0 bridgehead atoms. The van der Waals surface area contributed by atoms with E-state index in [-0.39, 0.29) is 72.3 Å². The first-order chi connectivity index (χ1) is 32.6. The summed E-state index contributed by atoms with van der Waals surface area (Å²) in [6.45, 7) is 12.7. The summed E-state index contributed by atoms with van der Waals surface area (Å²) in [6, 6.07) is 25.6. The van der Waals surface area contributed by atoms with Gasteiger partial charge in [-0.15, -0.1) is 0 Å². The number of carboxylic acids is 1. The van der Waals surface area contributed by atoms with E-state index in [4.69, 9.17) is 26.7 Å². The minimum absolute atomic E-state index is 0.0137. The van der Waals surface area contributed by atoms with E-state index in [1.54, 1.807) is 60.0 Å². The van der Waals surface area contributed by atoms with Crippen LogP contribution in [0.4, 0.5) is 11.9 Å². The van der Waals surface area contributed by atoms with Gasteiger partial charge in [0.1, 0.15) is 11.4 Å². The molecule has 4 aromatic carbocycles. The van der Waals surface area contributed by atoms with Crippen molar-refractivity contribution < 1.29 is 43.3 Å². The summed E-state index contributed by atoms with van der Waals surface area (Å²) in [4.78, 5) is 95.5. The Morgan fingerprint density at radius 3 is 1.31 bits per heavy atom. The number of aromatic nitrogens is 4. The lowest BCUT2D eigenvalue weighted by Crippen LogP contribution is -2.27. The van der Waals surface area contributed by atoms with Crippen LogP contribution in [0.3, 0.4) is 0 Å². The van der Waals surface area contributed by atoms with Gasteiger partial charge in [0.15, 0.2) is 0 Å². The second-order valence-corrected chi connectivity index (χ2v) is 16.2. The van der Waals surface area contributed by atoms with E-state index in [1.165, 1.54) is 0 Å². The number of ether oxygens (including phenoxy) is 2. The van der Waals surface area contributed by atoms with Crippen molar-refractivity contribution in [3.8, 4) is 0 Å². The lowest BCUT2D eigenvalue weighted by Gasteiger charge is -2.19. The van der Waals surface area contributed by atoms with E-state index in [1.807, 2.05) is 48.5 Å². The second kappa shape index (κ2) is 20.3. The Morgan fingerprint density at radius 2 is 0.971 bits per heavy atom. The smallest absolute Gasteiger partial charge is 0.330 e. The number of anilines is 2. The number of primary amides is 1. The summed E-state index contributed by atoms with van der Waals surface area (Å²) < 4.78 is 10.4. The van der Waals surface area contributed by atoms with Gasteiger partial charge in [0.25, 0.3) is 11.8 Å². The zero-order valence-corrected chi connectivity index (χ0v) is 37.4. The van der Waals surface area contributed by atoms with Crippen LogP contribution in [-0.4, -0.2) is 83.7 Å². The van der Waals surface area contributed by atoms with Gasteiger partial charge < -0.3 is 41.6 Å². The quantitative estimate of drug-likeness (QED) is 0.0776. The van der Waals surface area contributed by atoms with Gasteiger partial charge in [-0.1, -0.05) is 73.8 Å². The third-order valence-corrected chi connectivity index (χ3v) is 11.6. The fraction of sp³-hybridized carbons (Fsp3) is 0.240. The number of carboxylic acid groups (broad SMARTS) is 1. The fourth-order valence-electron chi connectivity index (χ4n) is 8.18. The van der Waals surface area contributed by atoms with Crippen LogP contribution in [0, 0.1) is 0 Å². The first kappa shape index (κ1) is 47.4. The summed E-state index contributed by atoms with van der Waals surface area (Å²) in [5.74, 6) is -5.41. The Morgan fingerprint density at radius 1 is 0.603 bits per heavy atom. The molecule has 6 aromatic rings. The highest BCUT2D eigenvalue weighted by molar-refractivity contribution is 6.06. The van der Waals surface area contributed by atoms with Crippen LogP contribution in [0.1, 0.15) is 92.9 Å². The van der Waals surface area contributed by atoms with Gasteiger partial charge in [-0.05, 0) is 84.3 Å². The number of hydrogen-bond acceptors (Lipinski definition) is 14. The van der Waals surface area contributed by atoms with Gasteiger partial charge in [0, 0.05) is 48.1 Å². The van der Waals surface area contributed by atoms with Crippen molar-refractivity contribution in [3.05, 3.63) is 154 Å². The molecule has 18 heteroatoms. The zero-order chi connectivity index (χ0) is 48.8. The van der Waals surface area contributed by atoms with Gasteiger partial charge in [0.05, 0.1) is 36.1 Å². The molecule has 68 heavy (non-hydrogen) atoms. The molecule has 4 heterocycles. The van der Waals surface area contributed by atoms with E-state index in [2.05, 4.69) is 33.1 Å². The summed E-state index contributed by atoms with van der Waals surface area (Å²) in [7, 11) is 0. The molecule has 8 rings (SSSR count). The molecule has 0 radical (unpaired) electrons. The lowest BCUT2D eigenvalue weighted by atomic mass is 9.91. The molecule has 2 aliphatic heterocycles. The van der Waals surface area contributed by atoms with Crippen molar-refractivity contribution in [1.82, 2.24) is 29.7 Å². The number of nitrogens with two attached hydrogens (primary N) is 3. The van der Waals surface area contributed by atoms with E-state index in [0.717, 1.165) is 22.3 Å². The van der Waals surface area contributed by atoms with E-state index < -0.39 is 35.7 Å². The Hall–Kier alpha value is -8.54. The average molecular weight is 920 g/mol.